The Bertz CT molecular complexity index is 7930. The maximum Gasteiger partial charge on any atom is 0.408 e. The zero-order valence-corrected chi connectivity index (χ0v) is 74.6. The summed E-state index contributed by atoms with van der Waals surface area (Å²) in [5, 5.41) is 77.9. The number of rotatable bonds is 17. The fourth-order valence-electron chi connectivity index (χ4n) is 15.6. The van der Waals surface area contributed by atoms with Crippen molar-refractivity contribution in [2.24, 2.45) is 44.1 Å². The number of alkyl halides is 6. The number of imidazole rings is 5. The van der Waals surface area contributed by atoms with Gasteiger partial charge in [-0.3, -0.25) is 18.8 Å². The molecule has 0 saturated heterocycles. The van der Waals surface area contributed by atoms with Crippen molar-refractivity contribution in [3.05, 3.63) is 268 Å². The number of nitrogens with zero attached hydrogens (tertiary/aromatic N) is 16. The minimum Gasteiger partial charge on any atom is -0.504 e. The van der Waals surface area contributed by atoms with Crippen LogP contribution in [-0.4, -0.2) is 143 Å². The average molecular weight is 1860 g/mol. The van der Waals surface area contributed by atoms with Gasteiger partial charge in [0.25, 0.3) is 0 Å². The summed E-state index contributed by atoms with van der Waals surface area (Å²) in [6, 6.07) is 61.1. The first-order valence-corrected chi connectivity index (χ1v) is 42.5. The second-order valence-corrected chi connectivity index (χ2v) is 32.4. The van der Waals surface area contributed by atoms with E-state index in [1.165, 1.54) is 13.0 Å². The van der Waals surface area contributed by atoms with Crippen molar-refractivity contribution >= 4 is 72.4 Å². The molecule has 10 aromatic carbocycles. The summed E-state index contributed by atoms with van der Waals surface area (Å²) in [5.74, 6) is 0.531. The number of carbonyl (C=O) groups is 1. The number of halogens is 7. The molecule has 0 spiro atoms. The highest BCUT2D eigenvalue weighted by Crippen LogP contribution is 2.45. The topological polar surface area (TPSA) is 471 Å². The number of amides is 1. The zero-order chi connectivity index (χ0) is 97.3. The molecule has 137 heavy (non-hydrogen) atoms. The zero-order valence-electron chi connectivity index (χ0n) is 74.6. The summed E-state index contributed by atoms with van der Waals surface area (Å²) in [4.78, 5) is 52.2. The summed E-state index contributed by atoms with van der Waals surface area (Å²) < 4.78 is 99.0. The fourth-order valence-corrected chi connectivity index (χ4v) is 15.6. The van der Waals surface area contributed by atoms with Gasteiger partial charge in [0.2, 0.25) is 5.91 Å². The molecule has 0 aliphatic heterocycles. The lowest BCUT2D eigenvalue weighted by molar-refractivity contribution is -0.143. The van der Waals surface area contributed by atoms with Crippen LogP contribution in [0.3, 0.4) is 0 Å². The van der Waals surface area contributed by atoms with Gasteiger partial charge in [-0.2, -0.15) is 51.8 Å². The SMILES string of the molecule is CC(=O)Nc1ccc(-c2nn(C)c(-c3nc4ccc(CN)cc4[nH]3)c2O)cc1.Cc1cc2[nH]c(-c3c(O)c(-c4ccccc4)nn3C)nc2cc1CN.Cc1ccc(-c2nn(C)c(-c3nc4cc(F)c(CN)cc4[nH]3)c2O)cc1.Cc1ccc(-c2nn(CC(F)(F)F)c(-c3nc4ccc(CN)cc4[nH]3)c2O)cc1.[C-]#[N+]c1ccc2nc(-c3c(O)c(-c4ccc(C)cc4)nn3CC(F)(F)F)[nH]c2c1. The molecule has 696 valence electrons. The number of nitrogens with one attached hydrogen (secondary N) is 6. The van der Waals surface area contributed by atoms with Crippen LogP contribution in [0, 0.1) is 40.1 Å². The molecule has 0 bridgehead atoms. The van der Waals surface area contributed by atoms with E-state index in [-0.39, 0.29) is 69.9 Å². The number of fused-ring (bicyclic) bond motifs is 5. The molecule has 0 atom stereocenters. The Balaban J connectivity index is 0.000000124. The van der Waals surface area contributed by atoms with Gasteiger partial charge < -0.3 is 78.7 Å². The Morgan fingerprint density at radius 3 is 1.09 bits per heavy atom. The molecule has 0 aliphatic carbocycles. The van der Waals surface area contributed by atoms with Crippen LogP contribution in [0.15, 0.2) is 206 Å². The second kappa shape index (κ2) is 38.2. The maximum absolute atomic E-state index is 13.9. The minimum atomic E-state index is -4.54. The highest BCUT2D eigenvalue weighted by atomic mass is 19.4. The van der Waals surface area contributed by atoms with Crippen molar-refractivity contribution in [1.82, 2.24) is 98.7 Å². The first kappa shape index (κ1) is 93.2. The lowest BCUT2D eigenvalue weighted by Crippen LogP contribution is -2.19. The smallest absolute Gasteiger partial charge is 0.408 e. The van der Waals surface area contributed by atoms with E-state index in [1.807, 2.05) is 113 Å². The molecule has 0 saturated carbocycles. The number of nitrogens with two attached hydrogens (primary N) is 4. The Kier molecular flexibility index (Phi) is 26.0. The van der Waals surface area contributed by atoms with E-state index in [4.69, 9.17) is 29.5 Å². The van der Waals surface area contributed by atoms with Gasteiger partial charge in [-0.1, -0.05) is 150 Å². The Morgan fingerprint density at radius 2 is 0.715 bits per heavy atom. The van der Waals surface area contributed by atoms with E-state index in [2.05, 4.69) is 85.5 Å². The van der Waals surface area contributed by atoms with Gasteiger partial charge in [0, 0.05) is 99.4 Å². The van der Waals surface area contributed by atoms with Crippen LogP contribution in [0.2, 0.25) is 0 Å². The second-order valence-electron chi connectivity index (χ2n) is 32.4. The monoisotopic (exact) mass is 1860 g/mol. The van der Waals surface area contributed by atoms with Gasteiger partial charge >= 0.3 is 12.4 Å². The van der Waals surface area contributed by atoms with E-state index in [9.17, 15) is 61.1 Å². The molecule has 1 amide bonds. The number of aromatic amines is 5. The molecule has 20 aromatic rings. The third-order valence-electron chi connectivity index (χ3n) is 22.4. The number of hydrogen-bond donors (Lipinski definition) is 15. The summed E-state index contributed by atoms with van der Waals surface area (Å²) in [6.07, 6.45) is -9.06. The molecule has 19 N–H and O–H groups in total. The first-order valence-electron chi connectivity index (χ1n) is 42.5. The number of aryl methyl sites for hydroxylation is 7. The number of aromatic hydroxyl groups is 5. The van der Waals surface area contributed by atoms with Crippen LogP contribution < -0.4 is 28.3 Å². The summed E-state index contributed by atoms with van der Waals surface area (Å²) >= 11 is 0. The molecular weight excluding hydrogens is 1770 g/mol. The van der Waals surface area contributed by atoms with Gasteiger partial charge in [-0.15, -0.1) is 0 Å². The van der Waals surface area contributed by atoms with Crippen LogP contribution in [0.5, 0.6) is 28.7 Å². The Hall–Kier alpha value is -17.1. The predicted octanol–water partition coefficient (Wildman–Crippen LogP) is 18.4. The summed E-state index contributed by atoms with van der Waals surface area (Å²) in [5.41, 5.74) is 43.9. The first-order chi connectivity index (χ1) is 65.5. The van der Waals surface area contributed by atoms with Gasteiger partial charge in [0.05, 0.1) is 61.7 Å². The lowest BCUT2D eigenvalue weighted by atomic mass is 10.1. The molecule has 0 fully saturated rings. The lowest BCUT2D eigenvalue weighted by Gasteiger charge is -2.08. The third kappa shape index (κ3) is 19.9. The van der Waals surface area contributed by atoms with Crippen molar-refractivity contribution in [3.8, 4) is 143 Å². The highest BCUT2D eigenvalue weighted by molar-refractivity contribution is 5.92. The molecule has 10 heterocycles. The number of carbonyl (C=O) groups excluding carboxylic acids is 1. The molecule has 39 heteroatoms. The summed E-state index contributed by atoms with van der Waals surface area (Å²) in [6.45, 7) is 14.9. The van der Waals surface area contributed by atoms with Crippen LogP contribution >= 0.6 is 0 Å². The molecule has 0 radical (unpaired) electrons. The molecular formula is C98H89F7N26O6. The van der Waals surface area contributed by atoms with Gasteiger partial charge in [-0.25, -0.2) is 43.5 Å². The molecule has 10 aromatic heterocycles. The number of anilines is 1. The molecule has 32 nitrogen and oxygen atoms in total. The van der Waals surface area contributed by atoms with Crippen molar-refractivity contribution < 1.29 is 61.1 Å². The minimum absolute atomic E-state index is 0.0231. The van der Waals surface area contributed by atoms with E-state index in [0.29, 0.717) is 137 Å². The van der Waals surface area contributed by atoms with E-state index in [0.717, 1.165) is 82.4 Å². The normalized spacial score (nSPS) is 11.5. The van der Waals surface area contributed by atoms with Crippen molar-refractivity contribution in [3.63, 3.8) is 0 Å². The van der Waals surface area contributed by atoms with E-state index >= 15 is 0 Å². The number of benzene rings is 10. The fraction of sp³-hybridized carbons (Fsp3) is 0.163. The van der Waals surface area contributed by atoms with Crippen molar-refractivity contribution in [2.45, 2.75) is 86.2 Å². The largest absolute Gasteiger partial charge is 0.504 e. The van der Waals surface area contributed by atoms with E-state index < -0.39 is 37.0 Å². The summed E-state index contributed by atoms with van der Waals surface area (Å²) in [7, 11) is 5.28. The standard InChI is InChI=1S/C20H14F3N5O.C20H18F3N5O.C20H20N6O2.C19H18FN5O.C19H19N5O/c1-11-3-5-12(6-4-11)16-18(29)17(28(27-16)10-20(21,22)23)19-25-14-8-7-13(24-2)9-15(14)26-19;1-11-2-5-13(6-3-11)16-18(29)17(28(27-16)10-20(21,22)23)19-25-14-7-4-12(9-24)8-15(14)26-19;1-11(27)22-14-6-4-13(5-7-14)17-19(28)18(26(2)25-17)20-23-15-8-3-12(10-21)9-16(15)24-20;1-10-3-5-11(6-4-10)16-18(26)17(25(2)24-16)19-22-14-7-12(9-21)13(20)8-15(14)23-19;1-11-8-14-15(9-13(11)10-20)22-19(21-14)17-18(25)16(23-24(17)2)12-6-4-3-5-7-12/h3-9,29H,10H2,1H3,(H,25,26);2-8,29H,9-10,24H2,1H3,(H,25,26);3-9,28H,10,21H2,1-2H3,(H,22,27)(H,23,24);3-8,26H,9,21H2,1-2H3,(H,22,23);3-9,25H,10,20H2,1-2H3,(H,21,22). The van der Waals surface area contributed by atoms with Gasteiger partial charge in [0.1, 0.15) is 75.8 Å². The van der Waals surface area contributed by atoms with Gasteiger partial charge in [-0.05, 0) is 117 Å². The van der Waals surface area contributed by atoms with Crippen LogP contribution in [0.4, 0.5) is 42.1 Å². The number of hydrogen-bond acceptors (Lipinski definition) is 20. The number of H-pyrrole nitrogens is 5. The maximum atomic E-state index is 13.9. The number of aromatic nitrogens is 20. The Labute approximate surface area is 774 Å². The average Bonchev–Trinajstić information content (AvgIpc) is 1.57. The highest BCUT2D eigenvalue weighted by Gasteiger charge is 2.36. The molecule has 0 unspecified atom stereocenters. The van der Waals surface area contributed by atoms with Crippen LogP contribution in [-0.2, 0) is 65.2 Å². The quantitative estimate of drug-likeness (QED) is 0.0297. The Morgan fingerprint density at radius 1 is 0.387 bits per heavy atom. The molecule has 20 rings (SSSR count). The van der Waals surface area contributed by atoms with Gasteiger partial charge in [0.15, 0.2) is 63.6 Å². The van der Waals surface area contributed by atoms with Crippen LogP contribution in [0.1, 0.15) is 51.4 Å². The predicted molar refractivity (Wildman–Crippen MR) is 508 cm³/mol. The van der Waals surface area contributed by atoms with E-state index in [1.54, 1.807) is 150 Å². The molecule has 0 aliphatic rings. The van der Waals surface area contributed by atoms with Crippen molar-refractivity contribution in [1.29, 1.82) is 0 Å². The third-order valence-corrected chi connectivity index (χ3v) is 22.4. The van der Waals surface area contributed by atoms with Crippen molar-refractivity contribution in [2.75, 3.05) is 5.32 Å². The van der Waals surface area contributed by atoms with Crippen LogP contribution in [0.25, 0.3) is 174 Å².